The quantitative estimate of drug-likeness (QED) is 0.673. The van der Waals surface area contributed by atoms with Crippen molar-refractivity contribution in [3.63, 3.8) is 0 Å². The number of benzene rings is 1. The van der Waals surface area contributed by atoms with Gasteiger partial charge in [-0.05, 0) is 26.0 Å². The summed E-state index contributed by atoms with van der Waals surface area (Å²) < 4.78 is 10.7. The summed E-state index contributed by atoms with van der Waals surface area (Å²) in [5.41, 5.74) is 2.25. The van der Waals surface area contributed by atoms with Gasteiger partial charge in [0, 0.05) is 50.1 Å². The highest BCUT2D eigenvalue weighted by molar-refractivity contribution is 6.31. The summed E-state index contributed by atoms with van der Waals surface area (Å²) >= 11 is 6.34. The van der Waals surface area contributed by atoms with Gasteiger partial charge in [0.2, 0.25) is 0 Å². The minimum absolute atomic E-state index is 0.257. The number of nitrogens with zero attached hydrogens (tertiary/aromatic N) is 1. The maximum absolute atomic E-state index is 6.34. The van der Waals surface area contributed by atoms with Gasteiger partial charge in [-0.2, -0.15) is 0 Å². The molecule has 0 amide bonds. The second-order valence-electron chi connectivity index (χ2n) is 5.25. The van der Waals surface area contributed by atoms with Crippen molar-refractivity contribution < 1.29 is 9.47 Å². The van der Waals surface area contributed by atoms with E-state index in [-0.39, 0.29) is 6.10 Å². The summed E-state index contributed by atoms with van der Waals surface area (Å²) in [6.45, 7) is 7.86. The highest BCUT2D eigenvalue weighted by Crippen LogP contribution is 2.26. The van der Waals surface area contributed by atoms with Crippen LogP contribution in [-0.4, -0.2) is 46.6 Å². The molecule has 1 N–H and O–H groups in total. The molecule has 0 heterocycles. The third kappa shape index (κ3) is 6.66. The van der Waals surface area contributed by atoms with Crippen LogP contribution in [0.5, 0.6) is 0 Å². The monoisotopic (exact) mass is 314 g/mol. The molecule has 4 nitrogen and oxygen atoms in total. The molecule has 0 saturated carbocycles. The molecule has 0 saturated heterocycles. The first-order valence-corrected chi connectivity index (χ1v) is 7.73. The van der Waals surface area contributed by atoms with E-state index in [1.165, 1.54) is 0 Å². The predicted molar refractivity (Wildman–Crippen MR) is 89.4 cm³/mol. The molecule has 0 aliphatic heterocycles. The highest BCUT2D eigenvalue weighted by Gasteiger charge is 2.10. The van der Waals surface area contributed by atoms with Crippen LogP contribution in [0.3, 0.4) is 0 Å². The minimum Gasteiger partial charge on any atom is -0.383 e. The maximum atomic E-state index is 6.34. The Bertz CT molecular complexity index is 413. The SMILES string of the molecule is COCCNCc1c(Cl)cccc1N(C)CCOC(C)C. The number of hydrogen-bond acceptors (Lipinski definition) is 4. The third-order valence-corrected chi connectivity index (χ3v) is 3.52. The molecule has 21 heavy (non-hydrogen) atoms. The second kappa shape index (κ2) is 10.0. The van der Waals surface area contributed by atoms with Crippen molar-refractivity contribution in [2.24, 2.45) is 0 Å². The van der Waals surface area contributed by atoms with Crippen molar-refractivity contribution in [2.45, 2.75) is 26.5 Å². The van der Waals surface area contributed by atoms with E-state index in [2.05, 4.69) is 23.3 Å². The summed E-state index contributed by atoms with van der Waals surface area (Å²) in [6, 6.07) is 6.00. The Labute approximate surface area is 133 Å². The Balaban J connectivity index is 2.64. The van der Waals surface area contributed by atoms with Crippen LogP contribution in [0.1, 0.15) is 19.4 Å². The minimum atomic E-state index is 0.257. The first-order valence-electron chi connectivity index (χ1n) is 7.36. The standard InChI is InChI=1S/C16H27ClN2O2/c1-13(2)21-11-9-19(3)16-7-5-6-15(17)14(16)12-18-8-10-20-4/h5-7,13,18H,8-12H2,1-4H3. The maximum Gasteiger partial charge on any atom is 0.0644 e. The van der Waals surface area contributed by atoms with E-state index < -0.39 is 0 Å². The van der Waals surface area contributed by atoms with Crippen LogP contribution in [0.2, 0.25) is 5.02 Å². The zero-order valence-electron chi connectivity index (χ0n) is 13.5. The van der Waals surface area contributed by atoms with E-state index in [0.29, 0.717) is 13.2 Å². The molecular formula is C16H27ClN2O2. The zero-order chi connectivity index (χ0) is 15.7. The van der Waals surface area contributed by atoms with E-state index in [4.69, 9.17) is 21.1 Å². The Morgan fingerprint density at radius 3 is 2.71 bits per heavy atom. The molecule has 1 rings (SSSR count). The summed E-state index contributed by atoms with van der Waals surface area (Å²) in [7, 11) is 3.76. The lowest BCUT2D eigenvalue weighted by molar-refractivity contribution is 0.0846. The summed E-state index contributed by atoms with van der Waals surface area (Å²) in [6.07, 6.45) is 0.257. The molecule has 0 fully saturated rings. The Hall–Kier alpha value is -0.810. The lowest BCUT2D eigenvalue weighted by atomic mass is 10.1. The van der Waals surface area contributed by atoms with Gasteiger partial charge in [-0.3, -0.25) is 0 Å². The molecule has 0 atom stereocenters. The van der Waals surface area contributed by atoms with Gasteiger partial charge in [0.05, 0.1) is 19.3 Å². The number of halogens is 1. The van der Waals surface area contributed by atoms with Crippen LogP contribution < -0.4 is 10.2 Å². The fraction of sp³-hybridized carbons (Fsp3) is 0.625. The van der Waals surface area contributed by atoms with E-state index in [0.717, 1.165) is 35.9 Å². The predicted octanol–water partition coefficient (Wildman–Crippen LogP) is 2.94. The van der Waals surface area contributed by atoms with Crippen LogP contribution in [0, 0.1) is 0 Å². The van der Waals surface area contributed by atoms with Gasteiger partial charge in [-0.15, -0.1) is 0 Å². The summed E-state index contributed by atoms with van der Waals surface area (Å²) in [4.78, 5) is 2.18. The van der Waals surface area contributed by atoms with E-state index in [9.17, 15) is 0 Å². The first-order chi connectivity index (χ1) is 10.1. The van der Waals surface area contributed by atoms with Crippen molar-refractivity contribution in [2.75, 3.05) is 45.4 Å². The third-order valence-electron chi connectivity index (χ3n) is 3.17. The fourth-order valence-electron chi connectivity index (χ4n) is 2.01. The molecule has 0 spiro atoms. The smallest absolute Gasteiger partial charge is 0.0644 e. The van der Waals surface area contributed by atoms with Gasteiger partial charge in [-0.1, -0.05) is 17.7 Å². The molecule has 0 aromatic heterocycles. The number of ether oxygens (including phenoxy) is 2. The Morgan fingerprint density at radius 1 is 1.29 bits per heavy atom. The molecule has 0 aliphatic carbocycles. The number of nitrogens with one attached hydrogen (secondary N) is 1. The van der Waals surface area contributed by atoms with Crippen LogP contribution in [0.15, 0.2) is 18.2 Å². The lowest BCUT2D eigenvalue weighted by Crippen LogP contribution is -2.26. The van der Waals surface area contributed by atoms with Gasteiger partial charge in [0.1, 0.15) is 0 Å². The van der Waals surface area contributed by atoms with E-state index in [1.54, 1.807) is 7.11 Å². The molecule has 5 heteroatoms. The number of likely N-dealkylation sites (N-methyl/N-ethyl adjacent to an activating group) is 1. The van der Waals surface area contributed by atoms with Crippen molar-refractivity contribution in [3.05, 3.63) is 28.8 Å². The molecule has 0 unspecified atom stereocenters. The number of rotatable bonds is 10. The van der Waals surface area contributed by atoms with Crippen molar-refractivity contribution in [1.29, 1.82) is 0 Å². The van der Waals surface area contributed by atoms with Crippen LogP contribution in [0.25, 0.3) is 0 Å². The molecule has 1 aromatic rings. The Morgan fingerprint density at radius 2 is 2.05 bits per heavy atom. The molecule has 0 aliphatic rings. The van der Waals surface area contributed by atoms with Crippen LogP contribution in [0.4, 0.5) is 5.69 Å². The van der Waals surface area contributed by atoms with Gasteiger partial charge >= 0.3 is 0 Å². The number of hydrogen-bond donors (Lipinski definition) is 1. The van der Waals surface area contributed by atoms with Gasteiger partial charge in [-0.25, -0.2) is 0 Å². The van der Waals surface area contributed by atoms with Crippen molar-refractivity contribution in [1.82, 2.24) is 5.32 Å². The van der Waals surface area contributed by atoms with Crippen molar-refractivity contribution in [3.8, 4) is 0 Å². The molecule has 120 valence electrons. The second-order valence-corrected chi connectivity index (χ2v) is 5.66. The molecule has 0 bridgehead atoms. The topological polar surface area (TPSA) is 33.7 Å². The molecule has 1 aromatic carbocycles. The number of anilines is 1. The van der Waals surface area contributed by atoms with Crippen LogP contribution >= 0.6 is 11.6 Å². The Kier molecular flexibility index (Phi) is 8.69. The normalized spacial score (nSPS) is 11.1. The van der Waals surface area contributed by atoms with Gasteiger partial charge in [0.15, 0.2) is 0 Å². The van der Waals surface area contributed by atoms with Gasteiger partial charge < -0.3 is 19.7 Å². The largest absolute Gasteiger partial charge is 0.383 e. The van der Waals surface area contributed by atoms with Gasteiger partial charge in [0.25, 0.3) is 0 Å². The van der Waals surface area contributed by atoms with E-state index in [1.807, 2.05) is 26.0 Å². The summed E-state index contributed by atoms with van der Waals surface area (Å²) in [5.74, 6) is 0. The lowest BCUT2D eigenvalue weighted by Gasteiger charge is -2.24. The zero-order valence-corrected chi connectivity index (χ0v) is 14.2. The van der Waals surface area contributed by atoms with Crippen LogP contribution in [-0.2, 0) is 16.0 Å². The first kappa shape index (κ1) is 18.2. The average molecular weight is 315 g/mol. The highest BCUT2D eigenvalue weighted by atomic mass is 35.5. The molecular weight excluding hydrogens is 288 g/mol. The summed E-state index contributed by atoms with van der Waals surface area (Å²) in [5, 5.41) is 4.13. The fourth-order valence-corrected chi connectivity index (χ4v) is 2.25. The van der Waals surface area contributed by atoms with Crippen molar-refractivity contribution >= 4 is 17.3 Å². The number of methoxy groups -OCH3 is 1. The van der Waals surface area contributed by atoms with E-state index >= 15 is 0 Å². The molecule has 0 radical (unpaired) electrons. The average Bonchev–Trinajstić information content (AvgIpc) is 2.44.